The summed E-state index contributed by atoms with van der Waals surface area (Å²) in [6, 6.07) is 15.5. The van der Waals surface area contributed by atoms with Gasteiger partial charge < -0.3 is 18.9 Å². The van der Waals surface area contributed by atoms with E-state index in [1.165, 1.54) is 43.5 Å². The normalized spacial score (nSPS) is 20.1. The van der Waals surface area contributed by atoms with E-state index in [4.69, 9.17) is 23.1 Å². The fourth-order valence-corrected chi connectivity index (χ4v) is 5.20. The van der Waals surface area contributed by atoms with Crippen molar-refractivity contribution >= 4 is 33.4 Å². The van der Waals surface area contributed by atoms with Crippen LogP contribution in [0.5, 0.6) is 0 Å². The molecule has 0 amide bonds. The van der Waals surface area contributed by atoms with E-state index in [0.717, 1.165) is 17.7 Å². The molecule has 16 heteroatoms. The molecular formula is C27H24N2O13S. The molecule has 4 unspecified atom stereocenters. The number of benzene rings is 3. The summed E-state index contributed by atoms with van der Waals surface area (Å²) in [5.41, 5.74) is -1.24. The third-order valence-corrected chi connectivity index (χ3v) is 7.56. The lowest BCUT2D eigenvalue weighted by Crippen LogP contribution is -2.58. The zero-order chi connectivity index (χ0) is 31.3. The van der Waals surface area contributed by atoms with Crippen LogP contribution >= 0.6 is 0 Å². The predicted molar refractivity (Wildman–Crippen MR) is 145 cm³/mol. The van der Waals surface area contributed by atoms with Crippen LogP contribution in [0, 0.1) is 27.2 Å². The Morgan fingerprint density at radius 2 is 1.42 bits per heavy atom. The van der Waals surface area contributed by atoms with Crippen LogP contribution in [0.25, 0.3) is 0 Å². The molecule has 0 radical (unpaired) electrons. The maximum atomic E-state index is 13.3. The van der Waals surface area contributed by atoms with Gasteiger partial charge in [0.05, 0.1) is 38.5 Å². The average Bonchev–Trinajstić information content (AvgIpc) is 2.99. The molecule has 4 atom stereocenters. The Balaban J connectivity index is 1.71. The molecular weight excluding hydrogens is 592 g/mol. The van der Waals surface area contributed by atoms with Gasteiger partial charge in [-0.05, 0) is 31.2 Å². The van der Waals surface area contributed by atoms with E-state index in [9.17, 15) is 38.2 Å². The van der Waals surface area contributed by atoms with Gasteiger partial charge in [-0.2, -0.15) is 8.42 Å². The molecule has 0 aromatic heterocycles. The molecule has 1 heterocycles. The zero-order valence-corrected chi connectivity index (χ0v) is 23.4. The van der Waals surface area contributed by atoms with E-state index in [2.05, 4.69) is 0 Å². The summed E-state index contributed by atoms with van der Waals surface area (Å²) in [5, 5.41) is 22.6. The van der Waals surface area contributed by atoms with Crippen LogP contribution in [0.1, 0.15) is 26.3 Å². The van der Waals surface area contributed by atoms with Crippen LogP contribution in [-0.2, 0) is 33.2 Å². The van der Waals surface area contributed by atoms with Crippen molar-refractivity contribution < 1.29 is 51.0 Å². The third kappa shape index (κ3) is 7.36. The standard InChI is InChI=1S/C27H24N2O13S/c1-16-8-10-21(11-9-16)43(36,37)42-23-22(40-26(31)18-12-19(28(32)33)14-20(13-18)29(34)35)15-39-27(38-2)24(23)41-25(30)17-6-4-3-5-7-17/h3-14,22-24,27H,15H2,1-2H3. The quantitative estimate of drug-likeness (QED) is 0.139. The number of nitrogens with zero attached hydrogens (tertiary/aromatic N) is 2. The molecule has 3 aromatic rings. The Bertz CT molecular complexity index is 1600. The molecule has 43 heavy (non-hydrogen) atoms. The molecule has 1 aliphatic rings. The number of aryl methyl sites for hydroxylation is 1. The summed E-state index contributed by atoms with van der Waals surface area (Å²) in [6.07, 6.45) is -6.36. The first kappa shape index (κ1) is 31.2. The van der Waals surface area contributed by atoms with E-state index in [1.807, 2.05) is 0 Å². The monoisotopic (exact) mass is 616 g/mol. The second-order valence-corrected chi connectivity index (χ2v) is 10.8. The fraction of sp³-hybridized carbons (Fsp3) is 0.259. The van der Waals surface area contributed by atoms with Crippen LogP contribution in [0.2, 0.25) is 0 Å². The van der Waals surface area contributed by atoms with E-state index in [-0.39, 0.29) is 10.5 Å². The predicted octanol–water partition coefficient (Wildman–Crippen LogP) is 3.34. The fourth-order valence-electron chi connectivity index (χ4n) is 4.09. The van der Waals surface area contributed by atoms with Crippen molar-refractivity contribution in [3.8, 4) is 0 Å². The molecule has 1 fully saturated rings. The van der Waals surface area contributed by atoms with Crippen LogP contribution in [0.3, 0.4) is 0 Å². The van der Waals surface area contributed by atoms with E-state index in [0.29, 0.717) is 6.07 Å². The molecule has 226 valence electrons. The van der Waals surface area contributed by atoms with Crippen molar-refractivity contribution in [2.75, 3.05) is 13.7 Å². The van der Waals surface area contributed by atoms with Gasteiger partial charge in [-0.3, -0.25) is 24.4 Å². The number of esters is 2. The number of carbonyl (C=O) groups is 2. The highest BCUT2D eigenvalue weighted by molar-refractivity contribution is 7.86. The minimum Gasteiger partial charge on any atom is -0.453 e. The second-order valence-electron chi connectivity index (χ2n) is 9.20. The van der Waals surface area contributed by atoms with Crippen molar-refractivity contribution in [3.63, 3.8) is 0 Å². The van der Waals surface area contributed by atoms with Gasteiger partial charge in [0, 0.05) is 19.2 Å². The lowest BCUT2D eigenvalue weighted by atomic mass is 10.0. The van der Waals surface area contributed by atoms with Crippen LogP contribution < -0.4 is 0 Å². The van der Waals surface area contributed by atoms with Gasteiger partial charge in [0.25, 0.3) is 21.5 Å². The number of carbonyl (C=O) groups excluding carboxylic acids is 2. The molecule has 1 aliphatic heterocycles. The Hall–Kier alpha value is -4.77. The lowest BCUT2D eigenvalue weighted by molar-refractivity contribution is -0.394. The van der Waals surface area contributed by atoms with Gasteiger partial charge in [-0.1, -0.05) is 35.9 Å². The number of nitro benzene ring substituents is 2. The molecule has 1 saturated heterocycles. The van der Waals surface area contributed by atoms with E-state index < -0.39 is 80.1 Å². The number of hydrogen-bond donors (Lipinski definition) is 0. The van der Waals surface area contributed by atoms with Gasteiger partial charge in [0.15, 0.2) is 24.6 Å². The van der Waals surface area contributed by atoms with Crippen molar-refractivity contribution in [2.45, 2.75) is 36.4 Å². The molecule has 0 N–H and O–H groups in total. The van der Waals surface area contributed by atoms with Crippen LogP contribution in [0.4, 0.5) is 11.4 Å². The summed E-state index contributed by atoms with van der Waals surface area (Å²) in [6.45, 7) is 1.21. The summed E-state index contributed by atoms with van der Waals surface area (Å²) >= 11 is 0. The van der Waals surface area contributed by atoms with Crippen molar-refractivity contribution in [3.05, 3.63) is 110 Å². The third-order valence-electron chi connectivity index (χ3n) is 6.23. The summed E-state index contributed by atoms with van der Waals surface area (Å²) < 4.78 is 53.9. The Morgan fingerprint density at radius 1 is 0.837 bits per heavy atom. The lowest BCUT2D eigenvalue weighted by Gasteiger charge is -2.39. The summed E-state index contributed by atoms with van der Waals surface area (Å²) in [7, 11) is -3.38. The van der Waals surface area contributed by atoms with Crippen molar-refractivity contribution in [1.29, 1.82) is 0 Å². The zero-order valence-electron chi connectivity index (χ0n) is 22.6. The van der Waals surface area contributed by atoms with E-state index >= 15 is 0 Å². The summed E-state index contributed by atoms with van der Waals surface area (Å²) in [4.78, 5) is 46.6. The highest BCUT2D eigenvalue weighted by Gasteiger charge is 2.49. The highest BCUT2D eigenvalue weighted by atomic mass is 32.2. The topological polar surface area (TPSA) is 201 Å². The number of ether oxygens (including phenoxy) is 4. The Morgan fingerprint density at radius 3 is 1.98 bits per heavy atom. The van der Waals surface area contributed by atoms with Gasteiger partial charge in [0.2, 0.25) is 0 Å². The Labute approximate surface area is 244 Å². The molecule has 0 aliphatic carbocycles. The number of non-ortho nitro benzene ring substituents is 2. The smallest absolute Gasteiger partial charge is 0.339 e. The Kier molecular flexibility index (Phi) is 9.45. The molecule has 0 bridgehead atoms. The number of hydrogen-bond acceptors (Lipinski definition) is 13. The largest absolute Gasteiger partial charge is 0.453 e. The average molecular weight is 617 g/mol. The molecule has 15 nitrogen and oxygen atoms in total. The van der Waals surface area contributed by atoms with Gasteiger partial charge in [-0.15, -0.1) is 0 Å². The van der Waals surface area contributed by atoms with Crippen LogP contribution in [-0.4, -0.2) is 68.5 Å². The van der Waals surface area contributed by atoms with Crippen LogP contribution in [0.15, 0.2) is 77.7 Å². The molecule has 3 aromatic carbocycles. The first-order valence-corrected chi connectivity index (χ1v) is 13.9. The maximum absolute atomic E-state index is 13.3. The van der Waals surface area contributed by atoms with Gasteiger partial charge in [0.1, 0.15) is 0 Å². The van der Waals surface area contributed by atoms with E-state index in [1.54, 1.807) is 25.1 Å². The summed E-state index contributed by atoms with van der Waals surface area (Å²) in [5.74, 6) is -2.20. The highest BCUT2D eigenvalue weighted by Crippen LogP contribution is 2.30. The number of nitro groups is 2. The maximum Gasteiger partial charge on any atom is 0.339 e. The second kappa shape index (κ2) is 13.0. The molecule has 0 spiro atoms. The van der Waals surface area contributed by atoms with Crippen molar-refractivity contribution in [2.24, 2.45) is 0 Å². The molecule has 0 saturated carbocycles. The SMILES string of the molecule is COC1OCC(OC(=O)c2cc([N+](=O)[O-])cc([N+](=O)[O-])c2)C(OS(=O)(=O)c2ccc(C)cc2)C1OC(=O)c1ccccc1. The minimum absolute atomic E-state index is 0.0977. The van der Waals surface area contributed by atoms with Gasteiger partial charge >= 0.3 is 11.9 Å². The van der Waals surface area contributed by atoms with Crippen molar-refractivity contribution in [1.82, 2.24) is 0 Å². The number of rotatable bonds is 10. The first-order chi connectivity index (χ1) is 20.4. The van der Waals surface area contributed by atoms with Gasteiger partial charge in [-0.25, -0.2) is 9.59 Å². The number of methoxy groups -OCH3 is 1. The first-order valence-electron chi connectivity index (χ1n) is 12.4. The molecule has 4 rings (SSSR count). The minimum atomic E-state index is -4.58.